The molecule has 4 nitrogen and oxygen atoms in total. The molecule has 0 unspecified atom stereocenters. The third-order valence-corrected chi connectivity index (χ3v) is 2.61. The fourth-order valence-electron chi connectivity index (χ4n) is 1.71. The predicted octanol–water partition coefficient (Wildman–Crippen LogP) is 0.659. The number of carbonyl (C=O) groups is 1. The maximum Gasteiger partial charge on any atom is 0.319 e. The van der Waals surface area contributed by atoms with Crippen LogP contribution in [0.4, 0.5) is 0 Å². The van der Waals surface area contributed by atoms with E-state index in [4.69, 9.17) is 4.74 Å². The molecule has 4 heteroatoms. The van der Waals surface area contributed by atoms with Crippen molar-refractivity contribution in [2.75, 3.05) is 26.8 Å². The number of rotatable bonds is 3. The lowest BCUT2D eigenvalue weighted by molar-refractivity contribution is -0.145. The number of methoxy groups -OCH3 is 1. The van der Waals surface area contributed by atoms with Crippen LogP contribution in [0.25, 0.3) is 0 Å². The van der Waals surface area contributed by atoms with E-state index in [1.165, 1.54) is 7.11 Å². The van der Waals surface area contributed by atoms with Gasteiger partial charge in [-0.15, -0.1) is 0 Å². The summed E-state index contributed by atoms with van der Waals surface area (Å²) in [6.07, 6.45) is 1.21. The minimum Gasteiger partial charge on any atom is -0.468 e. The molecule has 0 bridgehead atoms. The average molecular weight is 201 g/mol. The van der Waals surface area contributed by atoms with E-state index in [2.05, 4.69) is 16.6 Å². The van der Waals surface area contributed by atoms with Gasteiger partial charge in [0.25, 0.3) is 0 Å². The first kappa shape index (κ1) is 11.5. The van der Waals surface area contributed by atoms with E-state index < -0.39 is 0 Å². The lowest BCUT2D eigenvalue weighted by atomic mass is 10.1. The molecule has 0 radical (unpaired) electrons. The van der Waals surface area contributed by atoms with E-state index in [0.29, 0.717) is 19.2 Å². The Balaban J connectivity index is 2.48. The monoisotopic (exact) mass is 201 g/mol. The molecule has 0 aromatic heterocycles. The molecule has 0 aromatic carbocycles. The van der Waals surface area contributed by atoms with Crippen LogP contribution in [0.15, 0.2) is 0 Å². The smallest absolute Gasteiger partial charge is 0.319 e. The van der Waals surface area contributed by atoms with Gasteiger partial charge in [-0.3, -0.25) is 9.69 Å². The van der Waals surface area contributed by atoms with E-state index in [9.17, 15) is 4.79 Å². The topological polar surface area (TPSA) is 38.8 Å². The second-order valence-electron chi connectivity index (χ2n) is 3.71. The maximum atomic E-state index is 11.1. The Bertz CT molecular complexity index is 196. The molecule has 1 rings (SSSR count). The van der Waals surface area contributed by atoms with Gasteiger partial charge >= 0.3 is 5.97 Å². The fraction of sp³-hybridized carbons (Fsp3) is 0.900. The molecular formula is C10H19NO3. The van der Waals surface area contributed by atoms with Gasteiger partial charge in [0.05, 0.1) is 26.4 Å². The van der Waals surface area contributed by atoms with Crippen LogP contribution in [-0.4, -0.2) is 49.8 Å². The molecule has 82 valence electrons. The molecule has 0 aromatic rings. The minimum atomic E-state index is -0.169. The van der Waals surface area contributed by atoms with Crippen molar-refractivity contribution in [2.24, 2.45) is 0 Å². The molecule has 1 aliphatic heterocycles. The van der Waals surface area contributed by atoms with Crippen LogP contribution in [0.1, 0.15) is 20.3 Å². The highest BCUT2D eigenvalue weighted by Gasteiger charge is 2.26. The normalized spacial score (nSPS) is 28.8. The average Bonchev–Trinajstić information content (AvgIpc) is 2.18. The third kappa shape index (κ3) is 2.96. The number of hydrogen-bond acceptors (Lipinski definition) is 4. The molecule has 0 spiro atoms. The Morgan fingerprint density at radius 3 is 2.93 bits per heavy atom. The number of esters is 1. The van der Waals surface area contributed by atoms with Gasteiger partial charge in [0.2, 0.25) is 0 Å². The summed E-state index contributed by atoms with van der Waals surface area (Å²) in [5.41, 5.74) is 0. The van der Waals surface area contributed by atoms with Crippen molar-refractivity contribution < 1.29 is 14.3 Å². The molecule has 1 saturated heterocycles. The summed E-state index contributed by atoms with van der Waals surface area (Å²) in [6, 6.07) is 0.352. The van der Waals surface area contributed by atoms with E-state index in [-0.39, 0.29) is 12.1 Å². The molecule has 0 amide bonds. The lowest BCUT2D eigenvalue weighted by Gasteiger charge is -2.37. The summed E-state index contributed by atoms with van der Waals surface area (Å²) in [5.74, 6) is -0.169. The Hall–Kier alpha value is -0.610. The zero-order chi connectivity index (χ0) is 10.6. The van der Waals surface area contributed by atoms with Gasteiger partial charge in [-0.05, 0) is 13.3 Å². The predicted molar refractivity (Wildman–Crippen MR) is 53.1 cm³/mol. The summed E-state index contributed by atoms with van der Waals surface area (Å²) in [4.78, 5) is 13.3. The lowest BCUT2D eigenvalue weighted by Crippen LogP contribution is -2.50. The van der Waals surface area contributed by atoms with Crippen molar-refractivity contribution in [2.45, 2.75) is 32.4 Å². The minimum absolute atomic E-state index is 0.169. The molecule has 1 aliphatic rings. The Morgan fingerprint density at radius 2 is 2.36 bits per heavy atom. The first-order valence-electron chi connectivity index (χ1n) is 5.09. The highest BCUT2D eigenvalue weighted by atomic mass is 16.5. The van der Waals surface area contributed by atoms with Crippen LogP contribution >= 0.6 is 0 Å². The van der Waals surface area contributed by atoms with Crippen LogP contribution < -0.4 is 0 Å². The molecule has 14 heavy (non-hydrogen) atoms. The summed E-state index contributed by atoms with van der Waals surface area (Å²) < 4.78 is 10.2. The zero-order valence-electron chi connectivity index (χ0n) is 9.16. The van der Waals surface area contributed by atoms with Crippen molar-refractivity contribution in [1.29, 1.82) is 0 Å². The van der Waals surface area contributed by atoms with Crippen LogP contribution in [0.5, 0.6) is 0 Å². The summed E-state index contributed by atoms with van der Waals surface area (Å²) in [5, 5.41) is 0. The van der Waals surface area contributed by atoms with Crippen molar-refractivity contribution in [3.8, 4) is 0 Å². The summed E-state index contributed by atoms with van der Waals surface area (Å²) in [6.45, 7) is 6.04. The second-order valence-corrected chi connectivity index (χ2v) is 3.71. The zero-order valence-corrected chi connectivity index (χ0v) is 9.16. The van der Waals surface area contributed by atoms with Crippen molar-refractivity contribution in [3.05, 3.63) is 0 Å². The molecule has 1 fully saturated rings. The number of morpholine rings is 1. The number of carbonyl (C=O) groups excluding carboxylic acids is 1. The van der Waals surface area contributed by atoms with Gasteiger partial charge in [-0.1, -0.05) is 6.92 Å². The molecular weight excluding hydrogens is 182 g/mol. The van der Waals surface area contributed by atoms with E-state index in [0.717, 1.165) is 13.0 Å². The van der Waals surface area contributed by atoms with Gasteiger partial charge in [-0.25, -0.2) is 0 Å². The van der Waals surface area contributed by atoms with Crippen molar-refractivity contribution in [1.82, 2.24) is 4.90 Å². The molecule has 0 saturated carbocycles. The molecule has 1 heterocycles. The van der Waals surface area contributed by atoms with Crippen molar-refractivity contribution >= 4 is 5.97 Å². The largest absolute Gasteiger partial charge is 0.468 e. The molecule has 0 N–H and O–H groups in total. The van der Waals surface area contributed by atoms with E-state index >= 15 is 0 Å². The summed E-state index contributed by atoms with van der Waals surface area (Å²) >= 11 is 0. The van der Waals surface area contributed by atoms with Gasteiger partial charge < -0.3 is 9.47 Å². The molecule has 0 aliphatic carbocycles. The quantitative estimate of drug-likeness (QED) is 0.629. The number of nitrogens with zero attached hydrogens (tertiary/aromatic N) is 1. The van der Waals surface area contributed by atoms with E-state index in [1.54, 1.807) is 0 Å². The van der Waals surface area contributed by atoms with Gasteiger partial charge in [0, 0.05) is 12.6 Å². The SMILES string of the molecule is CC[C@@H]1CO[C@H](C)CN1CC(=O)OC. The Labute approximate surface area is 85.2 Å². The van der Waals surface area contributed by atoms with Crippen molar-refractivity contribution in [3.63, 3.8) is 0 Å². The fourth-order valence-corrected chi connectivity index (χ4v) is 1.71. The highest BCUT2D eigenvalue weighted by molar-refractivity contribution is 5.71. The summed E-state index contributed by atoms with van der Waals surface area (Å²) in [7, 11) is 1.42. The maximum absolute atomic E-state index is 11.1. The third-order valence-electron chi connectivity index (χ3n) is 2.61. The molecule has 2 atom stereocenters. The Morgan fingerprint density at radius 1 is 1.64 bits per heavy atom. The standard InChI is InChI=1S/C10H19NO3/c1-4-9-7-14-8(2)5-11(9)6-10(12)13-3/h8-9H,4-7H2,1-3H3/t8-,9-/m1/s1. The van der Waals surface area contributed by atoms with Gasteiger partial charge in [-0.2, -0.15) is 0 Å². The van der Waals surface area contributed by atoms with E-state index in [1.807, 2.05) is 6.92 Å². The first-order chi connectivity index (χ1) is 6.67. The number of hydrogen-bond donors (Lipinski definition) is 0. The van der Waals surface area contributed by atoms with Crippen LogP contribution in [-0.2, 0) is 14.3 Å². The first-order valence-corrected chi connectivity index (χ1v) is 5.09. The highest BCUT2D eigenvalue weighted by Crippen LogP contribution is 2.13. The van der Waals surface area contributed by atoms with Crippen LogP contribution in [0.3, 0.4) is 0 Å². The van der Waals surface area contributed by atoms with Crippen LogP contribution in [0, 0.1) is 0 Å². The van der Waals surface area contributed by atoms with Crippen LogP contribution in [0.2, 0.25) is 0 Å². The second kappa shape index (κ2) is 5.32. The van der Waals surface area contributed by atoms with Gasteiger partial charge in [0.1, 0.15) is 0 Å². The Kier molecular flexibility index (Phi) is 4.35. The number of ether oxygens (including phenoxy) is 2. The van der Waals surface area contributed by atoms with Gasteiger partial charge in [0.15, 0.2) is 0 Å².